The summed E-state index contributed by atoms with van der Waals surface area (Å²) in [6, 6.07) is 5.79. The number of piperazine rings is 1. The molecule has 0 unspecified atom stereocenters. The molecule has 1 heterocycles. The lowest BCUT2D eigenvalue weighted by molar-refractivity contribution is -0.117. The van der Waals surface area contributed by atoms with E-state index in [9.17, 15) is 13.2 Å². The third kappa shape index (κ3) is 4.27. The van der Waals surface area contributed by atoms with E-state index in [1.807, 2.05) is 0 Å². The Morgan fingerprint density at radius 2 is 1.85 bits per heavy atom. The number of hydrogen-bond donors (Lipinski definition) is 3. The second-order valence-corrected chi connectivity index (χ2v) is 6.21. The van der Waals surface area contributed by atoms with E-state index in [-0.39, 0.29) is 10.8 Å². The van der Waals surface area contributed by atoms with Gasteiger partial charge >= 0.3 is 0 Å². The van der Waals surface area contributed by atoms with Crippen molar-refractivity contribution >= 4 is 21.6 Å². The third-order valence-corrected chi connectivity index (χ3v) is 3.97. The highest BCUT2D eigenvalue weighted by atomic mass is 32.2. The number of carbonyl (C=O) groups excluding carboxylic acids is 1. The maximum atomic E-state index is 11.8. The van der Waals surface area contributed by atoms with Gasteiger partial charge in [0.05, 0.1) is 11.4 Å². The molecule has 1 aliphatic heterocycles. The fourth-order valence-corrected chi connectivity index (χ4v) is 2.52. The van der Waals surface area contributed by atoms with Crippen molar-refractivity contribution in [3.05, 3.63) is 24.3 Å². The molecular weight excluding hydrogens is 280 g/mol. The van der Waals surface area contributed by atoms with Gasteiger partial charge in [-0.25, -0.2) is 13.6 Å². The van der Waals surface area contributed by atoms with Gasteiger partial charge in [-0.05, 0) is 24.3 Å². The largest absolute Gasteiger partial charge is 0.325 e. The lowest BCUT2D eigenvalue weighted by Gasteiger charge is -2.26. The number of nitrogens with two attached hydrogens (primary N) is 1. The van der Waals surface area contributed by atoms with Crippen LogP contribution in [0.1, 0.15) is 0 Å². The molecule has 110 valence electrons. The summed E-state index contributed by atoms with van der Waals surface area (Å²) < 4.78 is 22.2. The number of nitrogens with zero attached hydrogens (tertiary/aromatic N) is 1. The predicted octanol–water partition coefficient (Wildman–Crippen LogP) is -0.822. The molecule has 20 heavy (non-hydrogen) atoms. The van der Waals surface area contributed by atoms with Crippen LogP contribution in [0.2, 0.25) is 0 Å². The summed E-state index contributed by atoms with van der Waals surface area (Å²) in [5.74, 6) is -0.116. The number of rotatable bonds is 4. The average molecular weight is 298 g/mol. The van der Waals surface area contributed by atoms with Crippen LogP contribution in [0.3, 0.4) is 0 Å². The number of amides is 1. The topological polar surface area (TPSA) is 105 Å². The molecule has 4 N–H and O–H groups in total. The third-order valence-electron chi connectivity index (χ3n) is 3.04. The summed E-state index contributed by atoms with van der Waals surface area (Å²) in [5, 5.41) is 11.0. The van der Waals surface area contributed by atoms with Crippen LogP contribution < -0.4 is 15.8 Å². The van der Waals surface area contributed by atoms with Gasteiger partial charge in [0, 0.05) is 31.9 Å². The molecule has 1 saturated heterocycles. The van der Waals surface area contributed by atoms with E-state index in [1.165, 1.54) is 24.3 Å². The number of sulfonamides is 1. The minimum atomic E-state index is -3.70. The van der Waals surface area contributed by atoms with Crippen LogP contribution >= 0.6 is 0 Å². The summed E-state index contributed by atoms with van der Waals surface area (Å²) in [4.78, 5) is 13.9. The van der Waals surface area contributed by atoms with E-state index in [0.29, 0.717) is 12.2 Å². The van der Waals surface area contributed by atoms with Crippen molar-refractivity contribution < 1.29 is 13.2 Å². The number of primary sulfonamides is 1. The van der Waals surface area contributed by atoms with Crippen LogP contribution in [-0.4, -0.2) is 51.9 Å². The number of carbonyl (C=O) groups is 1. The minimum absolute atomic E-state index is 0.0256. The Balaban J connectivity index is 1.91. The van der Waals surface area contributed by atoms with Gasteiger partial charge in [-0.15, -0.1) is 0 Å². The molecule has 0 aromatic heterocycles. The first-order valence-electron chi connectivity index (χ1n) is 6.31. The van der Waals surface area contributed by atoms with Crippen molar-refractivity contribution in [2.24, 2.45) is 5.14 Å². The molecule has 0 spiro atoms. The van der Waals surface area contributed by atoms with Crippen LogP contribution in [0.4, 0.5) is 5.69 Å². The molecule has 0 radical (unpaired) electrons. The molecule has 0 bridgehead atoms. The molecular formula is C12H18N4O3S. The zero-order valence-electron chi connectivity index (χ0n) is 11.0. The predicted molar refractivity (Wildman–Crippen MR) is 75.8 cm³/mol. The van der Waals surface area contributed by atoms with Crippen LogP contribution in [0, 0.1) is 0 Å². The molecule has 0 saturated carbocycles. The second-order valence-electron chi connectivity index (χ2n) is 4.64. The Morgan fingerprint density at radius 1 is 1.25 bits per heavy atom. The van der Waals surface area contributed by atoms with Crippen molar-refractivity contribution in [3.8, 4) is 0 Å². The number of anilines is 1. The fraction of sp³-hybridized carbons (Fsp3) is 0.417. The highest BCUT2D eigenvalue weighted by Crippen LogP contribution is 2.12. The molecule has 1 aromatic carbocycles. The van der Waals surface area contributed by atoms with Gasteiger partial charge in [0.2, 0.25) is 15.9 Å². The van der Waals surface area contributed by atoms with Gasteiger partial charge < -0.3 is 10.6 Å². The Labute approximate surface area is 118 Å². The van der Waals surface area contributed by atoms with E-state index in [1.54, 1.807) is 0 Å². The maximum Gasteiger partial charge on any atom is 0.238 e. The van der Waals surface area contributed by atoms with Crippen molar-refractivity contribution in [2.45, 2.75) is 4.90 Å². The summed E-state index contributed by atoms with van der Waals surface area (Å²) in [7, 11) is -3.70. The van der Waals surface area contributed by atoms with Gasteiger partial charge in [0.25, 0.3) is 0 Å². The van der Waals surface area contributed by atoms with Crippen LogP contribution in [0.25, 0.3) is 0 Å². The lowest BCUT2D eigenvalue weighted by Crippen LogP contribution is -2.46. The molecule has 2 rings (SSSR count). The number of nitrogens with one attached hydrogen (secondary N) is 2. The molecule has 7 nitrogen and oxygen atoms in total. The van der Waals surface area contributed by atoms with Crippen LogP contribution in [0.15, 0.2) is 29.2 Å². The van der Waals surface area contributed by atoms with Gasteiger partial charge in [-0.1, -0.05) is 0 Å². The first-order chi connectivity index (χ1) is 9.45. The number of benzene rings is 1. The first-order valence-corrected chi connectivity index (χ1v) is 7.85. The highest BCUT2D eigenvalue weighted by molar-refractivity contribution is 7.89. The van der Waals surface area contributed by atoms with Crippen molar-refractivity contribution in [1.29, 1.82) is 0 Å². The monoisotopic (exact) mass is 298 g/mol. The lowest BCUT2D eigenvalue weighted by atomic mass is 10.3. The molecule has 0 aliphatic carbocycles. The minimum Gasteiger partial charge on any atom is -0.325 e. The van der Waals surface area contributed by atoms with Gasteiger partial charge in [-0.3, -0.25) is 9.69 Å². The Bertz CT molecular complexity index is 565. The van der Waals surface area contributed by atoms with Crippen LogP contribution in [0.5, 0.6) is 0 Å². The van der Waals surface area contributed by atoms with Crippen molar-refractivity contribution in [3.63, 3.8) is 0 Å². The molecule has 0 atom stereocenters. The smallest absolute Gasteiger partial charge is 0.238 e. The van der Waals surface area contributed by atoms with E-state index >= 15 is 0 Å². The van der Waals surface area contributed by atoms with Crippen LogP contribution in [-0.2, 0) is 14.8 Å². The molecule has 1 fully saturated rings. The number of hydrogen-bond acceptors (Lipinski definition) is 5. The maximum absolute atomic E-state index is 11.8. The molecule has 1 aromatic rings. The van der Waals surface area contributed by atoms with Gasteiger partial charge in [0.15, 0.2) is 0 Å². The first kappa shape index (κ1) is 14.9. The fourth-order valence-electron chi connectivity index (χ4n) is 2.00. The molecule has 8 heteroatoms. The normalized spacial score (nSPS) is 16.9. The van der Waals surface area contributed by atoms with E-state index in [4.69, 9.17) is 5.14 Å². The van der Waals surface area contributed by atoms with Crippen molar-refractivity contribution in [1.82, 2.24) is 10.2 Å². The summed E-state index contributed by atoms with van der Waals surface area (Å²) in [6.07, 6.45) is 0. The summed E-state index contributed by atoms with van der Waals surface area (Å²) >= 11 is 0. The van der Waals surface area contributed by atoms with Crippen molar-refractivity contribution in [2.75, 3.05) is 38.0 Å². The van der Waals surface area contributed by atoms with E-state index in [2.05, 4.69) is 15.5 Å². The standard InChI is InChI=1S/C12H18N4O3S/c13-20(18,19)11-3-1-10(2-4-11)15-12(17)9-16-7-5-14-6-8-16/h1-4,14H,5-9H2,(H,15,17)(H2,13,18,19). The zero-order valence-corrected chi connectivity index (χ0v) is 11.8. The summed E-state index contributed by atoms with van der Waals surface area (Å²) in [5.41, 5.74) is 0.553. The quantitative estimate of drug-likeness (QED) is 0.673. The Hall–Kier alpha value is -1.48. The summed E-state index contributed by atoms with van der Waals surface area (Å²) in [6.45, 7) is 3.79. The molecule has 1 aliphatic rings. The second kappa shape index (κ2) is 6.31. The van der Waals surface area contributed by atoms with E-state index in [0.717, 1.165) is 26.2 Å². The van der Waals surface area contributed by atoms with Gasteiger partial charge in [0.1, 0.15) is 0 Å². The van der Waals surface area contributed by atoms with E-state index < -0.39 is 10.0 Å². The van der Waals surface area contributed by atoms with Gasteiger partial charge in [-0.2, -0.15) is 0 Å². The average Bonchev–Trinajstić information content (AvgIpc) is 2.39. The zero-order chi connectivity index (χ0) is 14.6. The highest BCUT2D eigenvalue weighted by Gasteiger charge is 2.14. The Morgan fingerprint density at radius 3 is 2.40 bits per heavy atom. The SMILES string of the molecule is NS(=O)(=O)c1ccc(NC(=O)CN2CCNCC2)cc1. The Kier molecular flexibility index (Phi) is 4.71. The molecule has 1 amide bonds.